The van der Waals surface area contributed by atoms with Gasteiger partial charge in [0, 0.05) is 48.2 Å². The number of morpholine rings is 1. The van der Waals surface area contributed by atoms with Gasteiger partial charge in [0.2, 0.25) is 10.0 Å². The van der Waals surface area contributed by atoms with Crippen molar-refractivity contribution in [3.05, 3.63) is 70.3 Å². The number of sulfonamides is 1. The van der Waals surface area contributed by atoms with E-state index in [0.29, 0.717) is 54.7 Å². The van der Waals surface area contributed by atoms with Gasteiger partial charge in [-0.3, -0.25) is 9.69 Å². The van der Waals surface area contributed by atoms with Gasteiger partial charge < -0.3 is 19.1 Å². The van der Waals surface area contributed by atoms with Crippen LogP contribution in [0.15, 0.2) is 48.6 Å². The van der Waals surface area contributed by atoms with Crippen molar-refractivity contribution in [2.45, 2.75) is 89.0 Å². The number of hydrogen-bond donors (Lipinski definition) is 1. The first-order chi connectivity index (χ1) is 24.9. The molecule has 1 amide bonds. The lowest BCUT2D eigenvalue weighted by molar-refractivity contribution is -0.0559. The van der Waals surface area contributed by atoms with E-state index in [1.807, 2.05) is 25.1 Å². The van der Waals surface area contributed by atoms with Crippen LogP contribution >= 0.6 is 11.6 Å². The molecule has 1 saturated carbocycles. The summed E-state index contributed by atoms with van der Waals surface area (Å²) in [5, 5.41) is -0.0165. The second kappa shape index (κ2) is 15.6. The second-order valence-corrected chi connectivity index (χ2v) is 18.8. The molecule has 7 rings (SSSR count). The minimum Gasteiger partial charge on any atom is -0.490 e. The first-order valence-corrected chi connectivity index (χ1v) is 21.3. The molecular formula is C41H56ClN3O6S. The Morgan fingerprint density at radius 2 is 1.98 bits per heavy atom. The summed E-state index contributed by atoms with van der Waals surface area (Å²) in [6.07, 6.45) is 9.95. The average molecular weight is 754 g/mol. The van der Waals surface area contributed by atoms with Gasteiger partial charge in [-0.1, -0.05) is 50.6 Å². The number of ether oxygens (including phenoxy) is 3. The van der Waals surface area contributed by atoms with E-state index in [9.17, 15) is 13.2 Å². The zero-order chi connectivity index (χ0) is 36.6. The van der Waals surface area contributed by atoms with E-state index in [2.05, 4.69) is 52.7 Å². The summed E-state index contributed by atoms with van der Waals surface area (Å²) in [5.74, 6) is 1.09. The molecule has 1 spiro atoms. The zero-order valence-electron chi connectivity index (χ0n) is 31.2. The number of nitrogens with one attached hydrogen (secondary N) is 1. The van der Waals surface area contributed by atoms with Gasteiger partial charge in [0.1, 0.15) is 5.75 Å². The molecule has 1 N–H and O–H groups in total. The molecule has 2 aromatic carbocycles. The van der Waals surface area contributed by atoms with E-state index in [1.165, 1.54) is 11.1 Å². The van der Waals surface area contributed by atoms with Crippen LogP contribution < -0.4 is 14.4 Å². The van der Waals surface area contributed by atoms with Crippen molar-refractivity contribution in [1.82, 2.24) is 9.62 Å². The summed E-state index contributed by atoms with van der Waals surface area (Å²) in [6, 6.07) is 12.0. The third kappa shape index (κ3) is 7.79. The van der Waals surface area contributed by atoms with Gasteiger partial charge >= 0.3 is 0 Å². The number of nitrogens with zero attached hydrogens (tertiary/aromatic N) is 2. The molecule has 52 heavy (non-hydrogen) atoms. The Hall–Kier alpha value is -2.63. The lowest BCUT2D eigenvalue weighted by atomic mass is 9.68. The number of fused-ring (bicyclic) bond motifs is 4. The third-order valence-corrected chi connectivity index (χ3v) is 14.9. The van der Waals surface area contributed by atoms with E-state index in [0.717, 1.165) is 82.2 Å². The van der Waals surface area contributed by atoms with E-state index in [-0.39, 0.29) is 17.4 Å². The molecule has 2 aromatic rings. The van der Waals surface area contributed by atoms with Crippen molar-refractivity contribution < 1.29 is 27.4 Å². The Bertz CT molecular complexity index is 1750. The van der Waals surface area contributed by atoms with Crippen LogP contribution in [0.3, 0.4) is 0 Å². The van der Waals surface area contributed by atoms with Crippen molar-refractivity contribution in [3.8, 4) is 5.75 Å². The van der Waals surface area contributed by atoms with Gasteiger partial charge in [-0.25, -0.2) is 13.1 Å². The van der Waals surface area contributed by atoms with E-state index < -0.39 is 21.2 Å². The van der Waals surface area contributed by atoms with Crippen molar-refractivity contribution in [1.29, 1.82) is 0 Å². The number of carbonyl (C=O) groups excluding carboxylic acids is 1. The average Bonchev–Trinajstić information content (AvgIpc) is 3.25. The standard InChI is InChI=1S/C41H56ClN3O6S/c1-27(2)37-24-49-19-17-44(37)18-20-50-38-9-5-7-28(3)29(4)52(47,48)43-40(46)31-11-15-39-36(22-31)45(23-32-10-13-34(32)38)25-41(26-51-39)16-6-8-30-21-33(42)12-14-35(30)41/h5,9,11-12,14-15,21-22,27-29,32,34,37-38H,6-8,10,13,16-20,23-26H2,1-4H3,(H,43,46)/b9-5+/t28-,29+,32-,34+,37-,38-,41-/m0/s1. The van der Waals surface area contributed by atoms with E-state index in [4.69, 9.17) is 25.8 Å². The number of carbonyl (C=O) groups is 1. The van der Waals surface area contributed by atoms with Crippen LogP contribution in [-0.2, 0) is 31.3 Å². The summed E-state index contributed by atoms with van der Waals surface area (Å²) >= 11 is 6.48. The maximum Gasteiger partial charge on any atom is 0.264 e. The zero-order valence-corrected chi connectivity index (χ0v) is 32.8. The monoisotopic (exact) mass is 753 g/mol. The van der Waals surface area contributed by atoms with Crippen molar-refractivity contribution in [2.75, 3.05) is 57.5 Å². The fourth-order valence-electron chi connectivity index (χ4n) is 9.18. The van der Waals surface area contributed by atoms with Gasteiger partial charge in [-0.2, -0.15) is 0 Å². The molecule has 3 heterocycles. The van der Waals surface area contributed by atoms with Crippen molar-refractivity contribution >= 4 is 33.2 Å². The molecule has 7 atom stereocenters. The summed E-state index contributed by atoms with van der Waals surface area (Å²) in [5.41, 5.74) is 3.45. The van der Waals surface area contributed by atoms with Gasteiger partial charge in [-0.05, 0) is 111 Å². The molecule has 2 bridgehead atoms. The minimum atomic E-state index is -3.93. The molecule has 9 nitrogen and oxygen atoms in total. The quantitative estimate of drug-likeness (QED) is 0.341. The molecule has 5 aliphatic rings. The van der Waals surface area contributed by atoms with Gasteiger partial charge in [0.05, 0.1) is 43.5 Å². The highest BCUT2D eigenvalue weighted by molar-refractivity contribution is 7.90. The van der Waals surface area contributed by atoms with Crippen LogP contribution in [-0.4, -0.2) is 89.2 Å². The SMILES string of the molecule is CC(C)[C@@H]1COCCN1CCO[C@H]1/C=C/C[C@H](C)[C@@H](C)S(=O)(=O)NC(=O)c2ccc3c(c2)N(C[C@@H]2CC[C@H]21)C[C@@]1(CCCc2cc(Cl)ccc21)CO3. The maximum absolute atomic E-state index is 13.6. The molecule has 2 fully saturated rings. The first kappa shape index (κ1) is 37.7. The Morgan fingerprint density at radius 1 is 1.13 bits per heavy atom. The number of amides is 1. The lowest BCUT2D eigenvalue weighted by Crippen LogP contribution is -2.50. The predicted molar refractivity (Wildman–Crippen MR) is 206 cm³/mol. The van der Waals surface area contributed by atoms with Crippen LogP contribution in [0.1, 0.15) is 81.3 Å². The number of hydrogen-bond acceptors (Lipinski definition) is 8. The lowest BCUT2D eigenvalue weighted by Gasteiger charge is -2.46. The van der Waals surface area contributed by atoms with E-state index in [1.54, 1.807) is 13.0 Å². The second-order valence-electron chi connectivity index (χ2n) is 16.4. The minimum absolute atomic E-state index is 0.0791. The third-order valence-electron chi connectivity index (χ3n) is 12.8. The van der Waals surface area contributed by atoms with Gasteiger partial charge in [0.25, 0.3) is 5.91 Å². The smallest absolute Gasteiger partial charge is 0.264 e. The number of halogens is 1. The van der Waals surface area contributed by atoms with Crippen LogP contribution in [0.2, 0.25) is 5.02 Å². The van der Waals surface area contributed by atoms with Crippen LogP contribution in [0.25, 0.3) is 0 Å². The highest BCUT2D eigenvalue weighted by Gasteiger charge is 2.45. The molecule has 0 aromatic heterocycles. The fraction of sp³-hybridized carbons (Fsp3) is 0.634. The Balaban J connectivity index is 1.22. The highest BCUT2D eigenvalue weighted by Crippen LogP contribution is 2.47. The summed E-state index contributed by atoms with van der Waals surface area (Å²) in [6.45, 7) is 14.0. The summed E-state index contributed by atoms with van der Waals surface area (Å²) in [4.78, 5) is 18.5. The first-order valence-electron chi connectivity index (χ1n) is 19.4. The number of aryl methyl sites for hydroxylation is 1. The number of allylic oxidation sites excluding steroid dienone is 1. The molecule has 11 heteroatoms. The van der Waals surface area contributed by atoms with E-state index >= 15 is 0 Å². The van der Waals surface area contributed by atoms with Crippen LogP contribution in [0, 0.1) is 23.7 Å². The molecule has 0 unspecified atom stereocenters. The fourth-order valence-corrected chi connectivity index (χ4v) is 10.7. The number of rotatable bonds is 5. The van der Waals surface area contributed by atoms with Crippen LogP contribution in [0.5, 0.6) is 5.75 Å². The van der Waals surface area contributed by atoms with Crippen LogP contribution in [0.4, 0.5) is 5.69 Å². The molecule has 3 aliphatic heterocycles. The topological polar surface area (TPSA) is 97.4 Å². The summed E-state index contributed by atoms with van der Waals surface area (Å²) in [7, 11) is -3.93. The Labute approximate surface area is 315 Å². The number of anilines is 1. The van der Waals surface area contributed by atoms with Gasteiger partial charge in [0.15, 0.2) is 0 Å². The Kier molecular flexibility index (Phi) is 11.3. The summed E-state index contributed by atoms with van der Waals surface area (Å²) < 4.78 is 48.7. The predicted octanol–water partition coefficient (Wildman–Crippen LogP) is 6.63. The van der Waals surface area contributed by atoms with Gasteiger partial charge in [-0.15, -0.1) is 0 Å². The maximum atomic E-state index is 13.6. The molecule has 0 radical (unpaired) electrons. The molecule has 284 valence electrons. The largest absolute Gasteiger partial charge is 0.490 e. The van der Waals surface area contributed by atoms with Crippen molar-refractivity contribution in [2.24, 2.45) is 23.7 Å². The number of benzene rings is 2. The molecular weight excluding hydrogens is 698 g/mol. The Morgan fingerprint density at radius 3 is 2.77 bits per heavy atom. The van der Waals surface area contributed by atoms with Crippen molar-refractivity contribution in [3.63, 3.8) is 0 Å². The molecule has 2 aliphatic carbocycles. The highest BCUT2D eigenvalue weighted by atomic mass is 35.5. The molecule has 1 saturated heterocycles. The normalized spacial score (nSPS) is 32.9.